The third-order valence-corrected chi connectivity index (χ3v) is 4.21. The molecular weight excluding hydrogens is 276 g/mol. The zero-order valence-corrected chi connectivity index (χ0v) is 13.1. The van der Waals surface area contributed by atoms with Gasteiger partial charge >= 0.3 is 5.97 Å². The van der Waals surface area contributed by atoms with Gasteiger partial charge in [-0.05, 0) is 23.5 Å². The quantitative estimate of drug-likeness (QED) is 0.837. The first-order valence-electron chi connectivity index (χ1n) is 7.34. The lowest BCUT2D eigenvalue weighted by atomic mass is 9.82. The van der Waals surface area contributed by atoms with Crippen molar-refractivity contribution < 1.29 is 14.7 Å². The summed E-state index contributed by atoms with van der Waals surface area (Å²) in [5.41, 5.74) is 1.98. The van der Waals surface area contributed by atoms with Gasteiger partial charge < -0.3 is 5.11 Å². The van der Waals surface area contributed by atoms with E-state index in [-0.39, 0.29) is 22.3 Å². The predicted octanol–water partition coefficient (Wildman–Crippen LogP) is 4.30. The van der Waals surface area contributed by atoms with Crippen molar-refractivity contribution in [2.45, 2.75) is 32.6 Å². The molecule has 0 atom stereocenters. The topological polar surface area (TPSA) is 54.4 Å². The maximum Gasteiger partial charge on any atom is 0.336 e. The zero-order chi connectivity index (χ0) is 16.3. The van der Waals surface area contributed by atoms with E-state index in [0.717, 1.165) is 12.0 Å². The van der Waals surface area contributed by atoms with Crippen molar-refractivity contribution in [3.8, 4) is 0 Å². The summed E-state index contributed by atoms with van der Waals surface area (Å²) in [5, 5.41) is 9.19. The highest BCUT2D eigenvalue weighted by Crippen LogP contribution is 2.27. The molecule has 0 aliphatic carbocycles. The molecule has 22 heavy (non-hydrogen) atoms. The van der Waals surface area contributed by atoms with Gasteiger partial charge in [0.05, 0.1) is 5.56 Å². The average molecular weight is 296 g/mol. The van der Waals surface area contributed by atoms with Crippen LogP contribution >= 0.6 is 0 Å². The number of carbonyl (C=O) groups excluding carboxylic acids is 1. The fourth-order valence-electron chi connectivity index (χ4n) is 2.30. The van der Waals surface area contributed by atoms with Crippen LogP contribution in [0.15, 0.2) is 48.5 Å². The molecule has 0 aliphatic heterocycles. The van der Waals surface area contributed by atoms with Gasteiger partial charge in [0, 0.05) is 11.1 Å². The Morgan fingerprint density at radius 2 is 1.50 bits per heavy atom. The van der Waals surface area contributed by atoms with E-state index in [9.17, 15) is 14.7 Å². The van der Waals surface area contributed by atoms with Crippen LogP contribution in [0.5, 0.6) is 0 Å². The van der Waals surface area contributed by atoms with Crippen molar-refractivity contribution >= 4 is 11.8 Å². The molecule has 0 bridgehead atoms. The second kappa shape index (κ2) is 6.14. The van der Waals surface area contributed by atoms with Gasteiger partial charge in [0.2, 0.25) is 0 Å². The lowest BCUT2D eigenvalue weighted by molar-refractivity contribution is 0.0693. The Bertz CT molecular complexity index is 697. The molecule has 3 heteroatoms. The van der Waals surface area contributed by atoms with Crippen LogP contribution in [0.2, 0.25) is 0 Å². The van der Waals surface area contributed by atoms with Gasteiger partial charge in [-0.1, -0.05) is 63.2 Å². The molecule has 0 unspecified atom stereocenters. The molecule has 1 N–H and O–H groups in total. The van der Waals surface area contributed by atoms with Gasteiger partial charge in [-0.25, -0.2) is 4.79 Å². The number of rotatable bonds is 5. The van der Waals surface area contributed by atoms with Gasteiger partial charge in [-0.2, -0.15) is 0 Å². The van der Waals surface area contributed by atoms with Gasteiger partial charge in [0.15, 0.2) is 5.78 Å². The number of carboxylic acids is 1. The largest absolute Gasteiger partial charge is 0.478 e. The van der Waals surface area contributed by atoms with E-state index in [2.05, 4.69) is 20.8 Å². The summed E-state index contributed by atoms with van der Waals surface area (Å²) >= 11 is 0. The number of ketones is 1. The normalized spacial score (nSPS) is 11.2. The second-order valence-corrected chi connectivity index (χ2v) is 5.99. The van der Waals surface area contributed by atoms with Crippen LogP contribution in [-0.2, 0) is 5.41 Å². The Labute approximate surface area is 130 Å². The average Bonchev–Trinajstić information content (AvgIpc) is 2.54. The molecule has 0 saturated carbocycles. The van der Waals surface area contributed by atoms with E-state index in [4.69, 9.17) is 0 Å². The summed E-state index contributed by atoms with van der Waals surface area (Å²) in [6.07, 6.45) is 1.00. The van der Waals surface area contributed by atoms with Crippen LogP contribution < -0.4 is 0 Å². The summed E-state index contributed by atoms with van der Waals surface area (Å²) in [6.45, 7) is 6.44. The molecule has 0 aliphatic rings. The third-order valence-electron chi connectivity index (χ3n) is 4.21. The molecular formula is C19H20O3. The molecule has 114 valence electrons. The summed E-state index contributed by atoms with van der Waals surface area (Å²) < 4.78 is 0. The minimum Gasteiger partial charge on any atom is -0.478 e. The molecule has 2 rings (SSSR count). The van der Waals surface area contributed by atoms with Crippen molar-refractivity contribution in [1.29, 1.82) is 0 Å². The van der Waals surface area contributed by atoms with Crippen LogP contribution in [0.25, 0.3) is 0 Å². The molecule has 0 radical (unpaired) electrons. The lowest BCUT2D eigenvalue weighted by Gasteiger charge is -2.23. The molecule has 0 heterocycles. The number of hydrogen-bond donors (Lipinski definition) is 1. The number of carbonyl (C=O) groups is 2. The smallest absolute Gasteiger partial charge is 0.336 e. The standard InChI is InChI=1S/C19H20O3/c1-4-19(2,3)14-11-9-13(10-12-14)17(20)15-7-5-6-8-16(15)18(21)22/h5-12H,4H2,1-3H3,(H,21,22). The van der Waals surface area contributed by atoms with E-state index in [1.165, 1.54) is 6.07 Å². The Morgan fingerprint density at radius 3 is 2.00 bits per heavy atom. The predicted molar refractivity (Wildman–Crippen MR) is 86.6 cm³/mol. The van der Waals surface area contributed by atoms with Crippen molar-refractivity contribution in [2.75, 3.05) is 0 Å². The number of carboxylic acid groups (broad SMARTS) is 1. The van der Waals surface area contributed by atoms with E-state index >= 15 is 0 Å². The molecule has 3 nitrogen and oxygen atoms in total. The Morgan fingerprint density at radius 1 is 0.955 bits per heavy atom. The van der Waals surface area contributed by atoms with Crippen molar-refractivity contribution in [3.05, 3.63) is 70.8 Å². The van der Waals surface area contributed by atoms with E-state index in [1.807, 2.05) is 12.1 Å². The molecule has 0 saturated heterocycles. The minimum atomic E-state index is -1.09. The first-order valence-corrected chi connectivity index (χ1v) is 7.34. The monoisotopic (exact) mass is 296 g/mol. The SMILES string of the molecule is CCC(C)(C)c1ccc(C(=O)c2ccccc2C(=O)O)cc1. The number of aromatic carboxylic acids is 1. The van der Waals surface area contributed by atoms with Crippen LogP contribution in [0, 0.1) is 0 Å². The van der Waals surface area contributed by atoms with Crippen LogP contribution in [0.3, 0.4) is 0 Å². The highest BCUT2D eigenvalue weighted by molar-refractivity contribution is 6.14. The third kappa shape index (κ3) is 3.08. The fraction of sp³-hybridized carbons (Fsp3) is 0.263. The first kappa shape index (κ1) is 16.0. The Kier molecular flexibility index (Phi) is 4.45. The molecule has 2 aromatic rings. The van der Waals surface area contributed by atoms with Crippen LogP contribution in [0.1, 0.15) is 59.0 Å². The molecule has 0 amide bonds. The molecule has 0 spiro atoms. The van der Waals surface area contributed by atoms with E-state index in [0.29, 0.717) is 5.56 Å². The van der Waals surface area contributed by atoms with Crippen LogP contribution in [0.4, 0.5) is 0 Å². The summed E-state index contributed by atoms with van der Waals surface area (Å²) in [6, 6.07) is 13.7. The van der Waals surface area contributed by atoms with Crippen molar-refractivity contribution in [2.24, 2.45) is 0 Å². The van der Waals surface area contributed by atoms with Crippen LogP contribution in [-0.4, -0.2) is 16.9 Å². The highest BCUT2D eigenvalue weighted by Gasteiger charge is 2.20. The lowest BCUT2D eigenvalue weighted by Crippen LogP contribution is -2.15. The first-order chi connectivity index (χ1) is 10.4. The highest BCUT2D eigenvalue weighted by atomic mass is 16.4. The van der Waals surface area contributed by atoms with Gasteiger partial charge in [-0.15, -0.1) is 0 Å². The minimum absolute atomic E-state index is 0.0328. The van der Waals surface area contributed by atoms with Gasteiger partial charge in [-0.3, -0.25) is 4.79 Å². The Hall–Kier alpha value is -2.42. The summed E-state index contributed by atoms with van der Waals surface area (Å²) in [7, 11) is 0. The van der Waals surface area contributed by atoms with Gasteiger partial charge in [0.1, 0.15) is 0 Å². The molecule has 0 aromatic heterocycles. The van der Waals surface area contributed by atoms with Gasteiger partial charge in [0.25, 0.3) is 0 Å². The second-order valence-electron chi connectivity index (χ2n) is 5.99. The number of benzene rings is 2. The molecule has 2 aromatic carbocycles. The van der Waals surface area contributed by atoms with E-state index in [1.54, 1.807) is 30.3 Å². The maximum absolute atomic E-state index is 12.5. The summed E-state index contributed by atoms with van der Waals surface area (Å²) in [4.78, 5) is 23.8. The van der Waals surface area contributed by atoms with Crippen molar-refractivity contribution in [3.63, 3.8) is 0 Å². The van der Waals surface area contributed by atoms with E-state index < -0.39 is 5.97 Å². The zero-order valence-electron chi connectivity index (χ0n) is 13.1. The maximum atomic E-state index is 12.5. The fourth-order valence-corrected chi connectivity index (χ4v) is 2.30. The molecule has 0 fully saturated rings. The van der Waals surface area contributed by atoms with Crippen molar-refractivity contribution in [1.82, 2.24) is 0 Å². The summed E-state index contributed by atoms with van der Waals surface area (Å²) in [5.74, 6) is -1.36. The Balaban J connectivity index is 2.37. The number of hydrogen-bond acceptors (Lipinski definition) is 2.